The van der Waals surface area contributed by atoms with Gasteiger partial charge in [-0.25, -0.2) is 4.79 Å². The standard InChI is InChI=1S/C17H22N2O3/c1-17(2,3)22-16(20)18(4)11-8-13-9-12-19-10-6-7-14(21-5)15(13)19/h6-7,10H,8,11H2,1-5H3. The van der Waals surface area contributed by atoms with E-state index in [9.17, 15) is 4.79 Å². The van der Waals surface area contributed by atoms with E-state index in [4.69, 9.17) is 9.47 Å². The van der Waals surface area contributed by atoms with E-state index in [-0.39, 0.29) is 6.09 Å². The lowest BCUT2D eigenvalue weighted by molar-refractivity contribution is 0.0301. The lowest BCUT2D eigenvalue weighted by atomic mass is 10.2. The van der Waals surface area contributed by atoms with E-state index < -0.39 is 5.60 Å². The molecule has 2 aromatic rings. The van der Waals surface area contributed by atoms with Crippen molar-refractivity contribution in [1.29, 1.82) is 0 Å². The lowest BCUT2D eigenvalue weighted by Crippen LogP contribution is -2.35. The van der Waals surface area contributed by atoms with Gasteiger partial charge in [0.2, 0.25) is 0 Å². The molecule has 22 heavy (non-hydrogen) atoms. The van der Waals surface area contributed by atoms with Gasteiger partial charge in [0.1, 0.15) is 16.9 Å². The Labute approximate surface area is 131 Å². The van der Waals surface area contributed by atoms with Crippen LogP contribution < -0.4 is 4.74 Å². The zero-order valence-corrected chi connectivity index (χ0v) is 13.8. The highest BCUT2D eigenvalue weighted by Gasteiger charge is 2.19. The maximum atomic E-state index is 12.0. The van der Waals surface area contributed by atoms with E-state index in [1.54, 1.807) is 19.1 Å². The zero-order chi connectivity index (χ0) is 16.3. The van der Waals surface area contributed by atoms with Gasteiger partial charge >= 0.3 is 6.09 Å². The third kappa shape index (κ3) is 3.64. The van der Waals surface area contributed by atoms with Gasteiger partial charge in [0.25, 0.3) is 0 Å². The van der Waals surface area contributed by atoms with Crippen LogP contribution in [0.4, 0.5) is 4.79 Å². The van der Waals surface area contributed by atoms with Crippen LogP contribution in [-0.2, 0) is 11.2 Å². The number of hydrogen-bond donors (Lipinski definition) is 0. The Morgan fingerprint density at radius 2 is 2.14 bits per heavy atom. The fourth-order valence-electron chi connectivity index (χ4n) is 2.12. The minimum absolute atomic E-state index is 0.327. The summed E-state index contributed by atoms with van der Waals surface area (Å²) in [5, 5.41) is 0. The molecular formula is C17H22N2O3. The SMILES string of the molecule is COc1cccn2c#cc(CCN(C)C(=O)OC(C)(C)C)c12. The number of carbonyl (C=O) groups excluding carboxylic acids is 1. The van der Waals surface area contributed by atoms with Crippen molar-refractivity contribution in [2.75, 3.05) is 20.7 Å². The summed E-state index contributed by atoms with van der Waals surface area (Å²) in [6.45, 7) is 6.10. The molecule has 0 spiro atoms. The summed E-state index contributed by atoms with van der Waals surface area (Å²) >= 11 is 0. The number of carbonyl (C=O) groups is 1. The molecule has 0 aliphatic rings. The molecule has 5 nitrogen and oxygen atoms in total. The number of likely N-dealkylation sites (N-methyl/N-ethyl adjacent to an activating group) is 1. The Kier molecular flexibility index (Phi) is 4.51. The molecule has 1 amide bonds. The summed E-state index contributed by atoms with van der Waals surface area (Å²) in [6, 6.07) is 6.91. The van der Waals surface area contributed by atoms with Gasteiger partial charge in [-0.05, 0) is 39.0 Å². The molecule has 2 aromatic heterocycles. The fourth-order valence-corrected chi connectivity index (χ4v) is 2.12. The highest BCUT2D eigenvalue weighted by molar-refractivity contribution is 5.68. The van der Waals surface area contributed by atoms with Crippen molar-refractivity contribution in [1.82, 2.24) is 9.30 Å². The Bertz CT molecular complexity index is 655. The van der Waals surface area contributed by atoms with Gasteiger partial charge in [0.15, 0.2) is 0 Å². The first-order chi connectivity index (χ1) is 10.3. The van der Waals surface area contributed by atoms with Gasteiger partial charge in [-0.2, -0.15) is 0 Å². The van der Waals surface area contributed by atoms with E-state index in [0.29, 0.717) is 13.0 Å². The maximum Gasteiger partial charge on any atom is 0.410 e. The quantitative estimate of drug-likeness (QED) is 0.872. The monoisotopic (exact) mass is 302 g/mol. The number of nitrogens with zero attached hydrogens (tertiary/aromatic N) is 2. The van der Waals surface area contributed by atoms with E-state index in [1.807, 2.05) is 43.5 Å². The summed E-state index contributed by atoms with van der Waals surface area (Å²) < 4.78 is 12.6. The smallest absolute Gasteiger partial charge is 0.410 e. The minimum Gasteiger partial charge on any atom is -0.494 e. The minimum atomic E-state index is -0.489. The van der Waals surface area contributed by atoms with Crippen LogP contribution in [0, 0.1) is 12.3 Å². The largest absolute Gasteiger partial charge is 0.494 e. The van der Waals surface area contributed by atoms with Gasteiger partial charge in [-0.1, -0.05) is 0 Å². The van der Waals surface area contributed by atoms with Crippen molar-refractivity contribution in [3.63, 3.8) is 0 Å². The normalized spacial score (nSPS) is 11.1. The molecular weight excluding hydrogens is 280 g/mol. The second-order valence-corrected chi connectivity index (χ2v) is 6.16. The molecule has 0 aliphatic carbocycles. The number of fused-ring (bicyclic) bond motifs is 1. The molecule has 0 radical (unpaired) electrons. The third-order valence-electron chi connectivity index (χ3n) is 3.19. The Balaban J connectivity index is 2.07. The first-order valence-electron chi connectivity index (χ1n) is 7.23. The number of rotatable bonds is 4. The Morgan fingerprint density at radius 1 is 1.41 bits per heavy atom. The summed E-state index contributed by atoms with van der Waals surface area (Å²) in [6.07, 6.45) is 5.26. The second-order valence-electron chi connectivity index (χ2n) is 6.16. The first kappa shape index (κ1) is 16.0. The first-order valence-corrected chi connectivity index (χ1v) is 7.23. The number of methoxy groups -OCH3 is 1. The molecule has 2 heterocycles. The number of aromatic nitrogens is 1. The van der Waals surface area contributed by atoms with Crippen molar-refractivity contribution in [2.24, 2.45) is 0 Å². The van der Waals surface area contributed by atoms with Gasteiger partial charge in [-0.15, -0.1) is 0 Å². The summed E-state index contributed by atoms with van der Waals surface area (Å²) in [5.41, 5.74) is 1.41. The molecule has 118 valence electrons. The van der Waals surface area contributed by atoms with E-state index >= 15 is 0 Å². The second kappa shape index (κ2) is 6.18. The molecule has 0 unspecified atom stereocenters. The number of amides is 1. The van der Waals surface area contributed by atoms with Crippen LogP contribution in [0.2, 0.25) is 0 Å². The van der Waals surface area contributed by atoms with E-state index in [2.05, 4.69) is 12.3 Å². The molecule has 0 bridgehead atoms. The lowest BCUT2D eigenvalue weighted by Gasteiger charge is -2.24. The summed E-state index contributed by atoms with van der Waals surface area (Å²) in [5.74, 6) is 0.773. The Hall–Kier alpha value is -2.35. The number of pyridine rings is 1. The Morgan fingerprint density at radius 3 is 2.77 bits per heavy atom. The van der Waals surface area contributed by atoms with Crippen molar-refractivity contribution in [2.45, 2.75) is 32.8 Å². The summed E-state index contributed by atoms with van der Waals surface area (Å²) in [4.78, 5) is 13.5. The summed E-state index contributed by atoms with van der Waals surface area (Å²) in [7, 11) is 3.37. The molecule has 0 fully saturated rings. The van der Waals surface area contributed by atoms with Gasteiger partial charge in [0, 0.05) is 38.0 Å². The van der Waals surface area contributed by atoms with E-state index in [0.717, 1.165) is 16.8 Å². The molecule has 2 rings (SSSR count). The highest BCUT2D eigenvalue weighted by atomic mass is 16.6. The van der Waals surface area contributed by atoms with Crippen molar-refractivity contribution in [3.05, 3.63) is 36.2 Å². The van der Waals surface area contributed by atoms with Gasteiger partial charge in [-0.3, -0.25) is 4.40 Å². The van der Waals surface area contributed by atoms with E-state index in [1.165, 1.54) is 0 Å². The predicted octanol–water partition coefficient (Wildman–Crippen LogP) is 2.96. The average Bonchev–Trinajstić information content (AvgIpc) is 2.86. The van der Waals surface area contributed by atoms with Crippen LogP contribution in [0.15, 0.2) is 18.3 Å². The van der Waals surface area contributed by atoms with Crippen LogP contribution in [0.25, 0.3) is 5.52 Å². The van der Waals surface area contributed by atoms with Crippen LogP contribution in [-0.4, -0.2) is 41.7 Å². The molecule has 0 atom stereocenters. The zero-order valence-electron chi connectivity index (χ0n) is 13.8. The van der Waals surface area contributed by atoms with Gasteiger partial charge in [0.05, 0.1) is 7.11 Å². The molecule has 0 saturated carbocycles. The van der Waals surface area contributed by atoms with Crippen molar-refractivity contribution in [3.8, 4) is 5.75 Å². The van der Waals surface area contributed by atoms with Crippen LogP contribution >= 0.6 is 0 Å². The average molecular weight is 302 g/mol. The topological polar surface area (TPSA) is 43.2 Å². The van der Waals surface area contributed by atoms with Gasteiger partial charge < -0.3 is 14.4 Å². The fraction of sp³-hybridized carbons (Fsp3) is 0.471. The van der Waals surface area contributed by atoms with Crippen LogP contribution in [0.5, 0.6) is 5.75 Å². The molecule has 0 aliphatic heterocycles. The molecule has 0 aromatic carbocycles. The number of hydrogen-bond acceptors (Lipinski definition) is 3. The van der Waals surface area contributed by atoms with Crippen molar-refractivity contribution >= 4 is 11.6 Å². The number of ether oxygens (including phenoxy) is 2. The van der Waals surface area contributed by atoms with Crippen LogP contribution in [0.3, 0.4) is 0 Å². The maximum absolute atomic E-state index is 12.0. The molecule has 5 heteroatoms. The van der Waals surface area contributed by atoms with Crippen molar-refractivity contribution < 1.29 is 14.3 Å². The highest BCUT2D eigenvalue weighted by Crippen LogP contribution is 2.22. The molecule has 0 N–H and O–H groups in total. The third-order valence-corrected chi connectivity index (χ3v) is 3.19. The van der Waals surface area contributed by atoms with Crippen LogP contribution in [0.1, 0.15) is 26.3 Å². The predicted molar refractivity (Wildman–Crippen MR) is 84.2 cm³/mol. The molecule has 0 saturated heterocycles.